The molecule has 0 aliphatic carbocycles. The lowest BCUT2D eigenvalue weighted by Crippen LogP contribution is -2.43. The van der Waals surface area contributed by atoms with Crippen molar-refractivity contribution in [2.75, 3.05) is 11.9 Å². The third-order valence-electron chi connectivity index (χ3n) is 4.40. The van der Waals surface area contributed by atoms with Crippen molar-refractivity contribution in [1.29, 1.82) is 0 Å². The van der Waals surface area contributed by atoms with Gasteiger partial charge in [0.15, 0.2) is 5.82 Å². The van der Waals surface area contributed by atoms with Gasteiger partial charge in [-0.25, -0.2) is 0 Å². The number of carbonyl (C=O) groups is 2. The van der Waals surface area contributed by atoms with Crippen LogP contribution in [0.2, 0.25) is 0 Å². The van der Waals surface area contributed by atoms with E-state index in [0.717, 1.165) is 12.0 Å². The summed E-state index contributed by atoms with van der Waals surface area (Å²) in [7, 11) is 0. The fourth-order valence-corrected chi connectivity index (χ4v) is 2.54. The lowest BCUT2D eigenvalue weighted by Gasteiger charge is -2.28. The Morgan fingerprint density at radius 3 is 2.35 bits per heavy atom. The van der Waals surface area contributed by atoms with E-state index in [0.29, 0.717) is 11.4 Å². The van der Waals surface area contributed by atoms with E-state index in [9.17, 15) is 9.59 Å². The van der Waals surface area contributed by atoms with Crippen LogP contribution < -0.4 is 5.32 Å². The fourth-order valence-electron chi connectivity index (χ4n) is 2.54. The Balaban J connectivity index is 2.15. The zero-order valence-corrected chi connectivity index (χ0v) is 16.1. The van der Waals surface area contributed by atoms with Gasteiger partial charge in [0.2, 0.25) is 5.91 Å². The number of carbonyl (C=O) groups excluding carboxylic acids is 2. The average molecular weight is 357 g/mol. The first-order valence-electron chi connectivity index (χ1n) is 8.84. The molecule has 1 aromatic heterocycles. The molecule has 6 nitrogen and oxygen atoms in total. The summed E-state index contributed by atoms with van der Waals surface area (Å²) in [5.74, 6) is -0.130. The van der Waals surface area contributed by atoms with E-state index in [1.807, 2.05) is 38.1 Å². The molecule has 0 radical (unpaired) electrons. The van der Waals surface area contributed by atoms with Crippen molar-refractivity contribution in [3.8, 4) is 0 Å². The number of nitrogens with one attached hydrogen (secondary N) is 1. The summed E-state index contributed by atoms with van der Waals surface area (Å²) >= 11 is 0. The lowest BCUT2D eigenvalue weighted by atomic mass is 9.86. The monoisotopic (exact) mass is 357 g/mol. The molecular formula is C20H27N3O3. The Bertz CT molecular complexity index is 731. The van der Waals surface area contributed by atoms with Crippen molar-refractivity contribution in [1.82, 2.24) is 10.1 Å². The molecule has 0 aliphatic heterocycles. The number of hydrogen-bond donors (Lipinski definition) is 1. The molecule has 1 atom stereocenters. The van der Waals surface area contributed by atoms with E-state index in [-0.39, 0.29) is 29.8 Å². The smallest absolute Gasteiger partial charge is 0.254 e. The van der Waals surface area contributed by atoms with Crippen LogP contribution in [0, 0.1) is 0 Å². The van der Waals surface area contributed by atoms with Crippen LogP contribution in [0.25, 0.3) is 0 Å². The van der Waals surface area contributed by atoms with E-state index < -0.39 is 0 Å². The van der Waals surface area contributed by atoms with Crippen LogP contribution in [0.4, 0.5) is 5.82 Å². The van der Waals surface area contributed by atoms with Crippen molar-refractivity contribution in [3.63, 3.8) is 0 Å². The van der Waals surface area contributed by atoms with Crippen molar-refractivity contribution in [3.05, 3.63) is 47.7 Å². The van der Waals surface area contributed by atoms with Gasteiger partial charge in [-0.05, 0) is 36.5 Å². The molecule has 0 saturated heterocycles. The average Bonchev–Trinajstić information content (AvgIpc) is 3.10. The molecule has 1 unspecified atom stereocenters. The first kappa shape index (κ1) is 19.7. The van der Waals surface area contributed by atoms with Crippen molar-refractivity contribution in [2.24, 2.45) is 0 Å². The summed E-state index contributed by atoms with van der Waals surface area (Å²) in [6, 6.07) is 9.09. The Hall–Kier alpha value is -2.63. The Kier molecular flexibility index (Phi) is 6.18. The molecule has 1 heterocycles. The van der Waals surface area contributed by atoms with Crippen molar-refractivity contribution < 1.29 is 14.1 Å². The predicted octanol–water partition coefficient (Wildman–Crippen LogP) is 3.85. The van der Waals surface area contributed by atoms with Gasteiger partial charge in [0.25, 0.3) is 5.91 Å². The quantitative estimate of drug-likeness (QED) is 0.852. The van der Waals surface area contributed by atoms with Crippen LogP contribution in [0.15, 0.2) is 41.1 Å². The third kappa shape index (κ3) is 4.94. The van der Waals surface area contributed by atoms with Crippen LogP contribution in [-0.4, -0.2) is 34.5 Å². The Labute approximate surface area is 154 Å². The first-order chi connectivity index (χ1) is 12.2. The van der Waals surface area contributed by atoms with E-state index in [2.05, 4.69) is 31.2 Å². The fraction of sp³-hybridized carbons (Fsp3) is 0.450. The standard InChI is InChI=1S/C20H27N3O3/c1-6-14(2)23(13-18(24)21-17-11-12-26-22-17)19(25)15-7-9-16(10-8-15)20(3,4)5/h7-12,14H,6,13H2,1-5H3,(H,21,22,24). The minimum absolute atomic E-state index is 0.0233. The molecule has 0 bridgehead atoms. The number of amides is 2. The molecule has 2 aromatic rings. The minimum Gasteiger partial charge on any atom is -0.363 e. The topological polar surface area (TPSA) is 75.4 Å². The maximum Gasteiger partial charge on any atom is 0.254 e. The molecule has 0 fully saturated rings. The van der Waals surface area contributed by atoms with E-state index in [1.165, 1.54) is 6.26 Å². The molecule has 6 heteroatoms. The van der Waals surface area contributed by atoms with Crippen LogP contribution >= 0.6 is 0 Å². The van der Waals surface area contributed by atoms with Crippen LogP contribution in [0.1, 0.15) is 57.0 Å². The number of rotatable bonds is 6. The normalized spacial score (nSPS) is 12.5. The van der Waals surface area contributed by atoms with Crippen LogP contribution in [0.3, 0.4) is 0 Å². The third-order valence-corrected chi connectivity index (χ3v) is 4.40. The molecule has 26 heavy (non-hydrogen) atoms. The van der Waals surface area contributed by atoms with Gasteiger partial charge in [0.1, 0.15) is 12.8 Å². The number of hydrogen-bond acceptors (Lipinski definition) is 4. The first-order valence-corrected chi connectivity index (χ1v) is 8.84. The molecule has 2 rings (SSSR count). The van der Waals surface area contributed by atoms with E-state index >= 15 is 0 Å². The minimum atomic E-state index is -0.307. The Morgan fingerprint density at radius 1 is 1.19 bits per heavy atom. The maximum atomic E-state index is 13.0. The lowest BCUT2D eigenvalue weighted by molar-refractivity contribution is -0.117. The number of anilines is 1. The zero-order valence-electron chi connectivity index (χ0n) is 16.1. The van der Waals surface area contributed by atoms with Crippen molar-refractivity contribution in [2.45, 2.75) is 52.5 Å². The molecule has 140 valence electrons. The van der Waals surface area contributed by atoms with Gasteiger partial charge in [-0.15, -0.1) is 0 Å². The molecule has 2 amide bonds. The summed E-state index contributed by atoms with van der Waals surface area (Å²) in [6.45, 7) is 10.3. The van der Waals surface area contributed by atoms with Gasteiger partial charge >= 0.3 is 0 Å². The highest BCUT2D eigenvalue weighted by molar-refractivity contribution is 5.99. The Morgan fingerprint density at radius 2 is 1.85 bits per heavy atom. The van der Waals surface area contributed by atoms with Gasteiger partial charge in [0.05, 0.1) is 0 Å². The van der Waals surface area contributed by atoms with Gasteiger partial charge < -0.3 is 14.7 Å². The van der Waals surface area contributed by atoms with Gasteiger partial charge in [-0.2, -0.15) is 0 Å². The second kappa shape index (κ2) is 8.17. The molecular weight excluding hydrogens is 330 g/mol. The van der Waals surface area contributed by atoms with Crippen LogP contribution in [-0.2, 0) is 10.2 Å². The van der Waals surface area contributed by atoms with Gasteiger partial charge in [0, 0.05) is 17.7 Å². The number of aromatic nitrogens is 1. The highest BCUT2D eigenvalue weighted by Gasteiger charge is 2.24. The molecule has 1 aromatic carbocycles. The van der Waals surface area contributed by atoms with Gasteiger partial charge in [-0.3, -0.25) is 9.59 Å². The van der Waals surface area contributed by atoms with Crippen molar-refractivity contribution >= 4 is 17.6 Å². The largest absolute Gasteiger partial charge is 0.363 e. The second-order valence-corrected chi connectivity index (χ2v) is 7.45. The number of nitrogens with zero attached hydrogens (tertiary/aromatic N) is 2. The molecule has 0 spiro atoms. The zero-order chi connectivity index (χ0) is 19.3. The van der Waals surface area contributed by atoms with Crippen LogP contribution in [0.5, 0.6) is 0 Å². The molecule has 1 N–H and O–H groups in total. The highest BCUT2D eigenvalue weighted by Crippen LogP contribution is 2.23. The van der Waals surface area contributed by atoms with E-state index in [1.54, 1.807) is 11.0 Å². The SMILES string of the molecule is CCC(C)N(CC(=O)Nc1ccon1)C(=O)c1ccc(C(C)(C)C)cc1. The van der Waals surface area contributed by atoms with E-state index in [4.69, 9.17) is 4.52 Å². The summed E-state index contributed by atoms with van der Waals surface area (Å²) in [5, 5.41) is 6.28. The van der Waals surface area contributed by atoms with Gasteiger partial charge in [-0.1, -0.05) is 45.0 Å². The second-order valence-electron chi connectivity index (χ2n) is 7.45. The summed E-state index contributed by atoms with van der Waals surface area (Å²) in [5.41, 5.74) is 1.76. The summed E-state index contributed by atoms with van der Waals surface area (Å²) in [6.07, 6.45) is 2.13. The summed E-state index contributed by atoms with van der Waals surface area (Å²) < 4.78 is 4.70. The number of benzene rings is 1. The highest BCUT2D eigenvalue weighted by atomic mass is 16.5. The summed E-state index contributed by atoms with van der Waals surface area (Å²) in [4.78, 5) is 26.8. The molecule has 0 aliphatic rings. The predicted molar refractivity (Wildman–Crippen MR) is 101 cm³/mol. The maximum absolute atomic E-state index is 13.0. The molecule has 0 saturated carbocycles.